The first kappa shape index (κ1) is 18.2. The van der Waals surface area contributed by atoms with Crippen LogP contribution in [0.3, 0.4) is 0 Å². The highest BCUT2D eigenvalue weighted by Crippen LogP contribution is 2.32. The molecule has 6 nitrogen and oxygen atoms in total. The number of rotatable bonds is 4. The van der Waals surface area contributed by atoms with E-state index in [0.717, 1.165) is 0 Å². The van der Waals surface area contributed by atoms with Crippen LogP contribution in [0.5, 0.6) is 0 Å². The molecule has 1 aromatic carbocycles. The van der Waals surface area contributed by atoms with Gasteiger partial charge < -0.3 is 20.2 Å². The summed E-state index contributed by atoms with van der Waals surface area (Å²) in [6.45, 7) is 3.55. The van der Waals surface area contributed by atoms with E-state index in [4.69, 9.17) is 21.7 Å². The van der Waals surface area contributed by atoms with Crippen molar-refractivity contribution in [1.82, 2.24) is 5.32 Å². The van der Waals surface area contributed by atoms with E-state index in [1.807, 2.05) is 0 Å². The Kier molecular flexibility index (Phi) is 5.74. The number of carbonyl (C=O) groups is 2. The number of carboxylic acid groups (broad SMARTS) is 1. The maximum atomic E-state index is 11.6. The lowest BCUT2D eigenvalue weighted by molar-refractivity contribution is -0.122. The summed E-state index contributed by atoms with van der Waals surface area (Å²) >= 11 is 8.51. The monoisotopic (exact) mass is 410 g/mol. The molecule has 3 N–H and O–H groups in total. The molecule has 0 aliphatic rings. The summed E-state index contributed by atoms with van der Waals surface area (Å²) < 4.78 is 5.97. The van der Waals surface area contributed by atoms with Crippen LogP contribution < -0.4 is 10.6 Å². The Morgan fingerprint density at radius 2 is 1.96 bits per heavy atom. The van der Waals surface area contributed by atoms with Crippen LogP contribution in [0.4, 0.5) is 5.69 Å². The van der Waals surface area contributed by atoms with Crippen LogP contribution in [-0.2, 0) is 4.79 Å². The van der Waals surface area contributed by atoms with E-state index < -0.39 is 5.97 Å². The lowest BCUT2D eigenvalue weighted by Crippen LogP contribution is -2.36. The molecule has 24 heavy (non-hydrogen) atoms. The van der Waals surface area contributed by atoms with Crippen LogP contribution in [0, 0.1) is 5.92 Å². The molecule has 8 heteroatoms. The quantitative estimate of drug-likeness (QED) is 0.662. The first-order valence-corrected chi connectivity index (χ1v) is 8.23. The molecule has 0 saturated heterocycles. The SMILES string of the molecule is CC(C)C(=O)NC(=S)Nc1ccc(-c2ccc(C(=O)O)o2)c(Br)c1. The zero-order valence-electron chi connectivity index (χ0n) is 12.9. The topological polar surface area (TPSA) is 91.6 Å². The number of aromatic carboxylic acids is 1. The minimum atomic E-state index is -1.12. The standard InChI is InChI=1S/C16H15BrN2O4S/c1-8(2)14(20)19-16(24)18-9-3-4-10(11(17)7-9)12-5-6-13(23-12)15(21)22/h3-8H,1-2H3,(H,21,22)(H2,18,19,20,24). The average Bonchev–Trinajstić information content (AvgIpc) is 2.96. The maximum absolute atomic E-state index is 11.6. The number of nitrogens with one attached hydrogen (secondary N) is 2. The van der Waals surface area contributed by atoms with E-state index in [2.05, 4.69) is 26.6 Å². The van der Waals surface area contributed by atoms with Gasteiger partial charge in [0.1, 0.15) is 5.76 Å². The number of amides is 1. The lowest BCUT2D eigenvalue weighted by Gasteiger charge is -2.12. The van der Waals surface area contributed by atoms with Crippen molar-refractivity contribution in [3.05, 3.63) is 40.6 Å². The van der Waals surface area contributed by atoms with E-state index in [0.29, 0.717) is 21.5 Å². The minimum absolute atomic E-state index is 0.128. The number of anilines is 1. The number of carboxylic acids is 1. The van der Waals surface area contributed by atoms with Gasteiger partial charge in [0, 0.05) is 21.6 Å². The van der Waals surface area contributed by atoms with E-state index in [1.54, 1.807) is 38.1 Å². The molecule has 1 amide bonds. The van der Waals surface area contributed by atoms with Gasteiger partial charge in [-0.25, -0.2) is 4.79 Å². The van der Waals surface area contributed by atoms with E-state index in [9.17, 15) is 9.59 Å². The molecule has 0 fully saturated rings. The molecule has 0 unspecified atom stereocenters. The van der Waals surface area contributed by atoms with Gasteiger partial charge in [0.05, 0.1) is 0 Å². The fraction of sp³-hybridized carbons (Fsp3) is 0.188. The van der Waals surface area contributed by atoms with Crippen molar-refractivity contribution in [2.45, 2.75) is 13.8 Å². The Morgan fingerprint density at radius 3 is 2.50 bits per heavy atom. The van der Waals surface area contributed by atoms with Crippen molar-refractivity contribution >= 4 is 50.8 Å². The van der Waals surface area contributed by atoms with Crippen molar-refractivity contribution < 1.29 is 19.1 Å². The third kappa shape index (κ3) is 4.42. The van der Waals surface area contributed by atoms with Gasteiger partial charge in [-0.2, -0.15) is 0 Å². The van der Waals surface area contributed by atoms with Crippen molar-refractivity contribution in [3.63, 3.8) is 0 Å². The largest absolute Gasteiger partial charge is 0.475 e. The van der Waals surface area contributed by atoms with Crippen LogP contribution in [-0.4, -0.2) is 22.1 Å². The molecule has 0 atom stereocenters. The Bertz CT molecular complexity index is 801. The molecule has 0 aliphatic carbocycles. The fourth-order valence-corrected chi connectivity index (χ4v) is 2.60. The number of benzene rings is 1. The molecule has 0 spiro atoms. The van der Waals surface area contributed by atoms with Gasteiger partial charge >= 0.3 is 5.97 Å². The fourth-order valence-electron chi connectivity index (χ4n) is 1.81. The van der Waals surface area contributed by atoms with Gasteiger partial charge in [-0.1, -0.05) is 13.8 Å². The molecule has 2 aromatic rings. The first-order valence-electron chi connectivity index (χ1n) is 7.03. The second-order valence-corrected chi connectivity index (χ2v) is 6.52. The molecular formula is C16H15BrN2O4S. The van der Waals surface area contributed by atoms with Gasteiger partial charge in [0.25, 0.3) is 0 Å². The number of carbonyl (C=O) groups excluding carboxylic acids is 1. The van der Waals surface area contributed by atoms with E-state index >= 15 is 0 Å². The zero-order chi connectivity index (χ0) is 17.9. The summed E-state index contributed by atoms with van der Waals surface area (Å²) in [6, 6.07) is 8.24. The van der Waals surface area contributed by atoms with Crippen LogP contribution >= 0.6 is 28.1 Å². The van der Waals surface area contributed by atoms with Gasteiger partial charge in [-0.15, -0.1) is 0 Å². The highest BCUT2D eigenvalue weighted by atomic mass is 79.9. The minimum Gasteiger partial charge on any atom is -0.475 e. The Hall–Kier alpha value is -2.19. The molecule has 1 heterocycles. The molecule has 0 radical (unpaired) electrons. The predicted octanol–water partition coefficient (Wildman–Crippen LogP) is 3.88. The highest BCUT2D eigenvalue weighted by Gasteiger charge is 2.14. The van der Waals surface area contributed by atoms with Gasteiger partial charge in [0.2, 0.25) is 11.7 Å². The van der Waals surface area contributed by atoms with E-state index in [-0.39, 0.29) is 22.7 Å². The third-order valence-corrected chi connectivity index (χ3v) is 3.93. The summed E-state index contributed by atoms with van der Waals surface area (Å²) in [7, 11) is 0. The van der Waals surface area contributed by atoms with Gasteiger partial charge in [-0.05, 0) is 58.5 Å². The van der Waals surface area contributed by atoms with Crippen LogP contribution in [0.25, 0.3) is 11.3 Å². The highest BCUT2D eigenvalue weighted by molar-refractivity contribution is 9.10. The van der Waals surface area contributed by atoms with Crippen LogP contribution in [0.2, 0.25) is 0 Å². The molecule has 126 valence electrons. The lowest BCUT2D eigenvalue weighted by atomic mass is 10.1. The Labute approximate surface area is 152 Å². The van der Waals surface area contributed by atoms with Crippen molar-refractivity contribution in [2.24, 2.45) is 5.92 Å². The van der Waals surface area contributed by atoms with Gasteiger partial charge in [-0.3, -0.25) is 4.79 Å². The number of hydrogen-bond acceptors (Lipinski definition) is 4. The Morgan fingerprint density at radius 1 is 1.25 bits per heavy atom. The molecule has 1 aromatic heterocycles. The van der Waals surface area contributed by atoms with Crippen molar-refractivity contribution in [3.8, 4) is 11.3 Å². The molecular weight excluding hydrogens is 396 g/mol. The number of furan rings is 1. The molecule has 0 aliphatic heterocycles. The van der Waals surface area contributed by atoms with Crippen LogP contribution in [0.1, 0.15) is 24.4 Å². The third-order valence-electron chi connectivity index (χ3n) is 3.07. The Balaban J connectivity index is 2.13. The summed E-state index contributed by atoms with van der Waals surface area (Å²) in [5.41, 5.74) is 1.37. The average molecular weight is 411 g/mol. The molecule has 0 bridgehead atoms. The summed E-state index contributed by atoms with van der Waals surface area (Å²) in [5, 5.41) is 14.6. The number of halogens is 1. The maximum Gasteiger partial charge on any atom is 0.371 e. The molecule has 2 rings (SSSR count). The second-order valence-electron chi connectivity index (χ2n) is 5.26. The summed E-state index contributed by atoms with van der Waals surface area (Å²) in [5.74, 6) is -1.15. The number of thiocarbonyl (C=S) groups is 1. The second kappa shape index (κ2) is 7.59. The predicted molar refractivity (Wildman–Crippen MR) is 98.0 cm³/mol. The smallest absolute Gasteiger partial charge is 0.371 e. The van der Waals surface area contributed by atoms with Crippen molar-refractivity contribution in [1.29, 1.82) is 0 Å². The van der Waals surface area contributed by atoms with E-state index in [1.165, 1.54) is 6.07 Å². The zero-order valence-corrected chi connectivity index (χ0v) is 15.3. The number of hydrogen-bond donors (Lipinski definition) is 3. The van der Waals surface area contributed by atoms with Gasteiger partial charge in [0.15, 0.2) is 5.11 Å². The van der Waals surface area contributed by atoms with Crippen LogP contribution in [0.15, 0.2) is 39.2 Å². The normalized spacial score (nSPS) is 10.5. The summed E-state index contributed by atoms with van der Waals surface area (Å²) in [4.78, 5) is 22.5. The summed E-state index contributed by atoms with van der Waals surface area (Å²) in [6.07, 6.45) is 0. The molecule has 0 saturated carbocycles. The van der Waals surface area contributed by atoms with Crippen molar-refractivity contribution in [2.75, 3.05) is 5.32 Å². The first-order chi connectivity index (χ1) is 11.3.